The van der Waals surface area contributed by atoms with Gasteiger partial charge in [-0.05, 0) is 80.8 Å². The second-order valence-electron chi connectivity index (χ2n) is 10.6. The molecule has 0 radical (unpaired) electrons. The third-order valence-corrected chi connectivity index (χ3v) is 8.77. The minimum Gasteiger partial charge on any atom is -0.497 e. The first kappa shape index (κ1) is 24.2. The smallest absolute Gasteiger partial charge is 0.347 e. The Morgan fingerprint density at radius 2 is 2.11 bits per heavy atom. The number of hydrogen-bond acceptors (Lipinski definition) is 6. The summed E-state index contributed by atoms with van der Waals surface area (Å²) in [5.74, 6) is 1.17. The van der Waals surface area contributed by atoms with Gasteiger partial charge in [0.25, 0.3) is 5.91 Å². The van der Waals surface area contributed by atoms with Crippen molar-refractivity contribution in [2.75, 3.05) is 33.4 Å². The van der Waals surface area contributed by atoms with Gasteiger partial charge >= 0.3 is 6.03 Å². The minimum absolute atomic E-state index is 0.0354. The Balaban J connectivity index is 1.54. The van der Waals surface area contributed by atoms with Crippen molar-refractivity contribution in [3.8, 4) is 5.75 Å². The van der Waals surface area contributed by atoms with Gasteiger partial charge in [-0.25, -0.2) is 9.79 Å². The lowest BCUT2D eigenvalue weighted by Crippen LogP contribution is -2.67. The van der Waals surface area contributed by atoms with Gasteiger partial charge in [0, 0.05) is 43.3 Å². The van der Waals surface area contributed by atoms with E-state index in [2.05, 4.69) is 21.9 Å². The van der Waals surface area contributed by atoms with Crippen molar-refractivity contribution in [1.82, 2.24) is 10.2 Å². The van der Waals surface area contributed by atoms with Crippen molar-refractivity contribution in [2.45, 2.75) is 56.1 Å². The number of amides is 3. The minimum atomic E-state index is -1.03. The van der Waals surface area contributed by atoms with E-state index in [4.69, 9.17) is 9.47 Å². The molecule has 2 N–H and O–H groups in total. The highest BCUT2D eigenvalue weighted by Gasteiger charge is 2.69. The van der Waals surface area contributed by atoms with Crippen molar-refractivity contribution < 1.29 is 24.2 Å². The van der Waals surface area contributed by atoms with Gasteiger partial charge in [-0.2, -0.15) is 0 Å². The summed E-state index contributed by atoms with van der Waals surface area (Å²) in [6.45, 7) is 8.77. The summed E-state index contributed by atoms with van der Waals surface area (Å²) in [7, 11) is 1.63. The van der Waals surface area contributed by atoms with Gasteiger partial charge < -0.3 is 14.6 Å². The first-order chi connectivity index (χ1) is 16.8. The number of carbonyl (C=O) groups excluding carboxylic acids is 2. The number of nitrogens with zero attached hydrogens (tertiary/aromatic N) is 2. The van der Waals surface area contributed by atoms with E-state index in [1.807, 2.05) is 31.2 Å². The van der Waals surface area contributed by atoms with Crippen LogP contribution in [0, 0.1) is 18.8 Å². The fourth-order valence-electron chi connectivity index (χ4n) is 7.12. The summed E-state index contributed by atoms with van der Waals surface area (Å²) in [6.07, 6.45) is 5.64. The van der Waals surface area contributed by atoms with E-state index in [0.29, 0.717) is 30.3 Å². The lowest BCUT2D eigenvalue weighted by molar-refractivity contribution is -0.124. The van der Waals surface area contributed by atoms with Crippen LogP contribution < -0.4 is 10.1 Å². The quantitative estimate of drug-likeness (QED) is 0.628. The average Bonchev–Trinajstić information content (AvgIpc) is 3.06. The number of aliphatic imine (C=N–C) groups is 1. The molecule has 1 saturated carbocycles. The summed E-state index contributed by atoms with van der Waals surface area (Å²) in [4.78, 5) is 30.4. The number of fused-ring (bicyclic) bond motifs is 3. The molecule has 4 aliphatic rings. The molecule has 1 aromatic rings. The molecule has 0 aromatic heterocycles. The Bertz CT molecular complexity index is 1060. The molecule has 188 valence electrons. The van der Waals surface area contributed by atoms with E-state index in [1.54, 1.807) is 7.11 Å². The fourth-order valence-corrected chi connectivity index (χ4v) is 7.12. The van der Waals surface area contributed by atoms with Crippen molar-refractivity contribution in [2.24, 2.45) is 16.8 Å². The Morgan fingerprint density at radius 1 is 1.34 bits per heavy atom. The van der Waals surface area contributed by atoms with Crippen molar-refractivity contribution in [3.63, 3.8) is 0 Å². The van der Waals surface area contributed by atoms with Gasteiger partial charge in [0.1, 0.15) is 5.75 Å². The topological polar surface area (TPSA) is 100 Å². The molecule has 8 heteroatoms. The molecule has 2 aliphatic carbocycles. The van der Waals surface area contributed by atoms with Crippen LogP contribution >= 0.6 is 0 Å². The zero-order valence-corrected chi connectivity index (χ0v) is 20.6. The van der Waals surface area contributed by atoms with Gasteiger partial charge in [-0.3, -0.25) is 15.0 Å². The van der Waals surface area contributed by atoms with Crippen LogP contribution in [0.3, 0.4) is 0 Å². The Morgan fingerprint density at radius 3 is 2.83 bits per heavy atom. The first-order valence-corrected chi connectivity index (χ1v) is 12.5. The standard InChI is InChI=1S/C27H35N3O5/c1-17-4-5-21(34-3)12-22(17)26-13-19(24(31)29-25(32)28-2)6-9-27(26,33)23-20(14-26)16-30(23)15-18-7-10-35-11-8-18/h4-5,12-13,18,20,23,33H,2,6-11,14-16H2,1,3H3,(H,29,31,32). The monoisotopic (exact) mass is 481 g/mol. The lowest BCUT2D eigenvalue weighted by atomic mass is 9.61. The molecular weight excluding hydrogens is 446 g/mol. The van der Waals surface area contributed by atoms with Gasteiger partial charge in [0.05, 0.1) is 12.7 Å². The van der Waals surface area contributed by atoms with Gasteiger partial charge in [0.15, 0.2) is 0 Å². The maximum absolute atomic E-state index is 12.9. The van der Waals surface area contributed by atoms with Gasteiger partial charge in [-0.1, -0.05) is 12.1 Å². The number of rotatable bonds is 5. The molecule has 0 bridgehead atoms. The maximum atomic E-state index is 12.9. The zero-order valence-electron chi connectivity index (χ0n) is 20.6. The van der Waals surface area contributed by atoms with Gasteiger partial charge in [-0.15, -0.1) is 0 Å². The van der Waals surface area contributed by atoms with Crippen LogP contribution in [-0.2, 0) is 14.9 Å². The molecule has 0 spiro atoms. The molecule has 5 rings (SSSR count). The number of benzene rings is 1. The zero-order chi connectivity index (χ0) is 24.8. The summed E-state index contributed by atoms with van der Waals surface area (Å²) < 4.78 is 11.1. The SMILES string of the molecule is C=NC(=O)NC(=O)C1=CC2(c3cc(OC)ccc3C)CC3CN(CC4CCOCC4)C3C2(O)CC1. The summed E-state index contributed by atoms with van der Waals surface area (Å²) in [6, 6.07) is 5.20. The Hall–Kier alpha value is -2.55. The first-order valence-electron chi connectivity index (χ1n) is 12.5. The van der Waals surface area contributed by atoms with Gasteiger partial charge in [0.2, 0.25) is 0 Å². The van der Waals surface area contributed by atoms with E-state index >= 15 is 0 Å². The fraction of sp³-hybridized carbons (Fsp3) is 0.593. The Kier molecular flexibility index (Phi) is 6.32. The molecule has 3 fully saturated rings. The van der Waals surface area contributed by atoms with Crippen LogP contribution in [0.1, 0.15) is 43.2 Å². The molecule has 2 saturated heterocycles. The molecule has 2 heterocycles. The maximum Gasteiger partial charge on any atom is 0.347 e. The van der Waals surface area contributed by atoms with Crippen LogP contribution in [0.5, 0.6) is 5.75 Å². The van der Waals surface area contributed by atoms with Crippen molar-refractivity contribution in [1.29, 1.82) is 0 Å². The molecule has 35 heavy (non-hydrogen) atoms. The summed E-state index contributed by atoms with van der Waals surface area (Å²) in [5, 5.41) is 14.8. The molecule has 3 amide bonds. The average molecular weight is 482 g/mol. The Labute approximate surface area is 206 Å². The van der Waals surface area contributed by atoms with Crippen LogP contribution in [0.25, 0.3) is 0 Å². The third-order valence-electron chi connectivity index (χ3n) is 8.77. The molecule has 1 aromatic carbocycles. The van der Waals surface area contributed by atoms with Crippen molar-refractivity contribution in [3.05, 3.63) is 41.0 Å². The highest BCUT2D eigenvalue weighted by Crippen LogP contribution is 2.62. The van der Waals surface area contributed by atoms with E-state index in [1.165, 1.54) is 0 Å². The van der Waals surface area contributed by atoms with E-state index < -0.39 is 23.0 Å². The number of aryl methyl sites for hydroxylation is 1. The molecule has 8 nitrogen and oxygen atoms in total. The largest absolute Gasteiger partial charge is 0.497 e. The number of ether oxygens (including phenoxy) is 2. The normalized spacial score (nSPS) is 32.6. The predicted molar refractivity (Wildman–Crippen MR) is 132 cm³/mol. The number of aliphatic hydroxyl groups is 1. The van der Waals surface area contributed by atoms with Crippen molar-refractivity contribution >= 4 is 18.7 Å². The highest BCUT2D eigenvalue weighted by atomic mass is 16.5. The molecule has 4 atom stereocenters. The summed E-state index contributed by atoms with van der Waals surface area (Å²) in [5.41, 5.74) is 0.760. The van der Waals surface area contributed by atoms with Crippen LogP contribution in [-0.4, -0.2) is 73.7 Å². The lowest BCUT2D eigenvalue weighted by Gasteiger charge is -2.54. The predicted octanol–water partition coefficient (Wildman–Crippen LogP) is 2.76. The molecule has 2 aliphatic heterocycles. The highest BCUT2D eigenvalue weighted by molar-refractivity contribution is 6.05. The van der Waals surface area contributed by atoms with E-state index in [9.17, 15) is 14.7 Å². The summed E-state index contributed by atoms with van der Waals surface area (Å²) >= 11 is 0. The number of hydrogen-bond donors (Lipinski definition) is 2. The number of methoxy groups -OCH3 is 1. The van der Waals surface area contributed by atoms with Crippen LogP contribution in [0.15, 0.2) is 34.8 Å². The van der Waals surface area contributed by atoms with Crippen LogP contribution in [0.2, 0.25) is 0 Å². The second kappa shape index (κ2) is 9.15. The number of carbonyl (C=O) groups is 2. The van der Waals surface area contributed by atoms with Crippen LogP contribution in [0.4, 0.5) is 4.79 Å². The molecular formula is C27H35N3O5. The third kappa shape index (κ3) is 3.92. The number of likely N-dealkylation sites (tertiary alicyclic amines) is 1. The number of nitrogens with one attached hydrogen (secondary N) is 1. The second-order valence-corrected chi connectivity index (χ2v) is 10.6. The number of urea groups is 1. The van der Waals surface area contributed by atoms with E-state index in [-0.39, 0.29) is 6.04 Å². The molecule has 4 unspecified atom stereocenters. The number of imide groups is 1. The van der Waals surface area contributed by atoms with E-state index in [0.717, 1.165) is 62.4 Å².